The van der Waals surface area contributed by atoms with Crippen LogP contribution >= 0.6 is 27.5 Å². The molecule has 5 rings (SSSR count). The fraction of sp³-hybridized carbons (Fsp3) is 0.250. The van der Waals surface area contributed by atoms with Gasteiger partial charge in [-0.25, -0.2) is 0 Å². The van der Waals surface area contributed by atoms with Crippen molar-refractivity contribution in [3.05, 3.63) is 82.1 Å². The number of amides is 1. The standard InChI is InChI=1S/C28H26BrClN4O4/c1-36-22-8-10-23(11-9-22)37-25-12-7-21(30)15-24(25)31-28(35)19-5-3-13-34(16-19)17-26-32-27(33-38-26)18-4-2-6-20(29)14-18/h2,4,6-12,14-15,19H,3,5,13,16-17H2,1H3,(H,31,35). The molecule has 1 unspecified atom stereocenters. The summed E-state index contributed by atoms with van der Waals surface area (Å²) in [6.45, 7) is 1.91. The number of halogens is 2. The summed E-state index contributed by atoms with van der Waals surface area (Å²) in [5, 5.41) is 7.65. The quantitative estimate of drug-likeness (QED) is 0.239. The molecule has 1 aromatic heterocycles. The van der Waals surface area contributed by atoms with Gasteiger partial charge in [0.15, 0.2) is 5.75 Å². The molecule has 1 saturated heterocycles. The van der Waals surface area contributed by atoms with E-state index in [9.17, 15) is 4.79 Å². The maximum absolute atomic E-state index is 13.3. The minimum atomic E-state index is -0.205. The van der Waals surface area contributed by atoms with Crippen LogP contribution < -0.4 is 14.8 Å². The first-order chi connectivity index (χ1) is 18.5. The van der Waals surface area contributed by atoms with Crippen LogP contribution in [0.3, 0.4) is 0 Å². The highest BCUT2D eigenvalue weighted by atomic mass is 79.9. The molecular weight excluding hydrogens is 572 g/mol. The Morgan fingerprint density at radius 3 is 2.76 bits per heavy atom. The number of methoxy groups -OCH3 is 1. The van der Waals surface area contributed by atoms with Crippen molar-refractivity contribution in [1.82, 2.24) is 15.0 Å². The highest BCUT2D eigenvalue weighted by molar-refractivity contribution is 9.10. The molecule has 3 aromatic carbocycles. The number of likely N-dealkylation sites (tertiary alicyclic amines) is 1. The Balaban J connectivity index is 1.23. The molecule has 4 aromatic rings. The molecule has 0 saturated carbocycles. The second-order valence-corrected chi connectivity index (χ2v) is 10.4. The average Bonchev–Trinajstić information content (AvgIpc) is 3.39. The largest absolute Gasteiger partial charge is 0.497 e. The van der Waals surface area contributed by atoms with Crippen LogP contribution in [0.15, 0.2) is 75.7 Å². The first-order valence-electron chi connectivity index (χ1n) is 12.2. The topological polar surface area (TPSA) is 89.7 Å². The highest BCUT2D eigenvalue weighted by Gasteiger charge is 2.28. The van der Waals surface area contributed by atoms with Gasteiger partial charge in [0.1, 0.15) is 11.5 Å². The zero-order valence-electron chi connectivity index (χ0n) is 20.7. The van der Waals surface area contributed by atoms with Crippen molar-refractivity contribution in [3.8, 4) is 28.6 Å². The predicted octanol–water partition coefficient (Wildman–Crippen LogP) is 6.80. The molecule has 1 aliphatic heterocycles. The minimum Gasteiger partial charge on any atom is -0.497 e. The molecular formula is C28H26BrClN4O4. The number of anilines is 1. The Labute approximate surface area is 234 Å². The molecule has 8 nitrogen and oxygen atoms in total. The van der Waals surface area contributed by atoms with E-state index in [0.29, 0.717) is 47.0 Å². The molecule has 0 bridgehead atoms. The Morgan fingerprint density at radius 1 is 1.16 bits per heavy atom. The summed E-state index contributed by atoms with van der Waals surface area (Å²) < 4.78 is 17.7. The lowest BCUT2D eigenvalue weighted by atomic mass is 9.97. The van der Waals surface area contributed by atoms with Gasteiger partial charge in [-0.3, -0.25) is 9.69 Å². The number of nitrogens with zero attached hydrogens (tertiary/aromatic N) is 3. The molecule has 0 aliphatic carbocycles. The van der Waals surface area contributed by atoms with Gasteiger partial charge in [-0.05, 0) is 74.0 Å². The predicted molar refractivity (Wildman–Crippen MR) is 149 cm³/mol. The Morgan fingerprint density at radius 2 is 1.97 bits per heavy atom. The van der Waals surface area contributed by atoms with Gasteiger partial charge in [0.05, 0.1) is 25.3 Å². The number of hydrogen-bond donors (Lipinski definition) is 1. The van der Waals surface area contributed by atoms with Crippen molar-refractivity contribution in [2.24, 2.45) is 5.92 Å². The zero-order chi connectivity index (χ0) is 26.5. The molecule has 0 radical (unpaired) electrons. The summed E-state index contributed by atoms with van der Waals surface area (Å²) in [5.74, 6) is 2.62. The Hall–Kier alpha value is -3.40. The summed E-state index contributed by atoms with van der Waals surface area (Å²) in [4.78, 5) is 20.0. The number of piperidine rings is 1. The van der Waals surface area contributed by atoms with Crippen molar-refractivity contribution < 1.29 is 18.8 Å². The van der Waals surface area contributed by atoms with E-state index in [1.807, 2.05) is 36.4 Å². The molecule has 1 atom stereocenters. The van der Waals surface area contributed by atoms with E-state index in [1.165, 1.54) is 0 Å². The number of hydrogen-bond acceptors (Lipinski definition) is 7. The second-order valence-electron chi connectivity index (χ2n) is 9.00. The third kappa shape index (κ3) is 6.53. The number of carbonyl (C=O) groups excluding carboxylic acids is 1. The number of carbonyl (C=O) groups is 1. The van der Waals surface area contributed by atoms with Gasteiger partial charge in [-0.15, -0.1) is 0 Å². The number of benzene rings is 3. The molecule has 1 fully saturated rings. The normalized spacial score (nSPS) is 15.7. The molecule has 1 amide bonds. The van der Waals surface area contributed by atoms with E-state index in [0.717, 1.165) is 35.2 Å². The summed E-state index contributed by atoms with van der Waals surface area (Å²) in [7, 11) is 1.61. The van der Waals surface area contributed by atoms with Crippen molar-refractivity contribution in [2.45, 2.75) is 19.4 Å². The Bertz CT molecular complexity index is 1410. The van der Waals surface area contributed by atoms with Crippen LogP contribution in [0.1, 0.15) is 18.7 Å². The van der Waals surface area contributed by atoms with E-state index in [4.69, 9.17) is 25.6 Å². The summed E-state index contributed by atoms with van der Waals surface area (Å²) in [5.41, 5.74) is 1.39. The van der Waals surface area contributed by atoms with E-state index in [-0.39, 0.29) is 11.8 Å². The van der Waals surface area contributed by atoms with Gasteiger partial charge < -0.3 is 19.3 Å². The van der Waals surface area contributed by atoms with E-state index in [2.05, 4.69) is 36.3 Å². The lowest BCUT2D eigenvalue weighted by molar-refractivity contribution is -0.121. The van der Waals surface area contributed by atoms with Gasteiger partial charge in [-0.2, -0.15) is 4.98 Å². The van der Waals surface area contributed by atoms with Crippen molar-refractivity contribution >= 4 is 39.1 Å². The van der Waals surface area contributed by atoms with Crippen LogP contribution in [0.4, 0.5) is 5.69 Å². The maximum Gasteiger partial charge on any atom is 0.241 e. The second kappa shape index (κ2) is 12.0. The van der Waals surface area contributed by atoms with Gasteiger partial charge in [-0.1, -0.05) is 44.8 Å². The zero-order valence-corrected chi connectivity index (χ0v) is 23.0. The Kier molecular flexibility index (Phi) is 8.26. The number of rotatable bonds is 8. The fourth-order valence-corrected chi connectivity index (χ4v) is 4.93. The first kappa shape index (κ1) is 26.2. The summed E-state index contributed by atoms with van der Waals surface area (Å²) in [6.07, 6.45) is 1.67. The van der Waals surface area contributed by atoms with Gasteiger partial charge in [0.2, 0.25) is 17.6 Å². The summed E-state index contributed by atoms with van der Waals surface area (Å²) in [6, 6.07) is 20.1. The molecule has 1 aliphatic rings. The van der Waals surface area contributed by atoms with Crippen molar-refractivity contribution in [3.63, 3.8) is 0 Å². The molecule has 10 heteroatoms. The molecule has 196 valence electrons. The third-order valence-corrected chi connectivity index (χ3v) is 7.00. The van der Waals surface area contributed by atoms with Crippen LogP contribution in [0, 0.1) is 5.92 Å². The number of ether oxygens (including phenoxy) is 2. The van der Waals surface area contributed by atoms with Crippen LogP contribution in [0.2, 0.25) is 5.02 Å². The first-order valence-corrected chi connectivity index (χ1v) is 13.4. The van der Waals surface area contributed by atoms with Crippen molar-refractivity contribution in [2.75, 3.05) is 25.5 Å². The van der Waals surface area contributed by atoms with Crippen LogP contribution in [-0.4, -0.2) is 41.1 Å². The lowest BCUT2D eigenvalue weighted by Gasteiger charge is -2.31. The maximum atomic E-state index is 13.3. The van der Waals surface area contributed by atoms with Gasteiger partial charge in [0.25, 0.3) is 0 Å². The van der Waals surface area contributed by atoms with Crippen molar-refractivity contribution in [1.29, 1.82) is 0 Å². The van der Waals surface area contributed by atoms with Gasteiger partial charge in [0, 0.05) is 21.6 Å². The fourth-order valence-electron chi connectivity index (χ4n) is 4.36. The number of aromatic nitrogens is 2. The summed E-state index contributed by atoms with van der Waals surface area (Å²) >= 11 is 9.71. The van der Waals surface area contributed by atoms with E-state index >= 15 is 0 Å². The molecule has 2 heterocycles. The molecule has 0 spiro atoms. The average molecular weight is 598 g/mol. The lowest BCUT2D eigenvalue weighted by Crippen LogP contribution is -2.40. The minimum absolute atomic E-state index is 0.0862. The van der Waals surface area contributed by atoms with E-state index < -0.39 is 0 Å². The van der Waals surface area contributed by atoms with Gasteiger partial charge >= 0.3 is 0 Å². The SMILES string of the molecule is COc1ccc(Oc2ccc(Cl)cc2NC(=O)C2CCCN(Cc3nc(-c4cccc(Br)c4)no3)C2)cc1. The third-order valence-electron chi connectivity index (χ3n) is 6.27. The molecule has 1 N–H and O–H groups in total. The van der Waals surface area contributed by atoms with E-state index in [1.54, 1.807) is 37.4 Å². The molecule has 38 heavy (non-hydrogen) atoms. The highest BCUT2D eigenvalue weighted by Crippen LogP contribution is 2.33. The van der Waals surface area contributed by atoms with Crippen LogP contribution in [0.5, 0.6) is 17.2 Å². The van der Waals surface area contributed by atoms with Crippen LogP contribution in [-0.2, 0) is 11.3 Å². The number of nitrogens with one attached hydrogen (secondary N) is 1. The monoisotopic (exact) mass is 596 g/mol. The smallest absolute Gasteiger partial charge is 0.241 e. The van der Waals surface area contributed by atoms with Crippen LogP contribution in [0.25, 0.3) is 11.4 Å².